The van der Waals surface area contributed by atoms with Crippen LogP contribution in [0.15, 0.2) is 18.2 Å². The molecular weight excluding hydrogens is 178 g/mol. The van der Waals surface area contributed by atoms with E-state index in [4.69, 9.17) is 14.7 Å². The van der Waals surface area contributed by atoms with Gasteiger partial charge in [-0.2, -0.15) is 5.26 Å². The van der Waals surface area contributed by atoms with E-state index in [9.17, 15) is 0 Å². The minimum atomic E-state index is 0.371. The van der Waals surface area contributed by atoms with Crippen LogP contribution in [0.5, 0.6) is 5.75 Å². The third-order valence-corrected chi connectivity index (χ3v) is 1.93. The maximum Gasteiger partial charge on any atom is 0.123 e. The molecule has 0 amide bonds. The van der Waals surface area contributed by atoms with E-state index in [0.717, 1.165) is 16.9 Å². The Bertz CT molecular complexity index is 342. The van der Waals surface area contributed by atoms with E-state index in [0.29, 0.717) is 13.0 Å². The molecule has 3 nitrogen and oxygen atoms in total. The van der Waals surface area contributed by atoms with Crippen molar-refractivity contribution in [2.24, 2.45) is 0 Å². The van der Waals surface area contributed by atoms with E-state index in [2.05, 4.69) is 6.07 Å². The summed E-state index contributed by atoms with van der Waals surface area (Å²) >= 11 is 0. The van der Waals surface area contributed by atoms with Crippen LogP contribution in [0.4, 0.5) is 0 Å². The Kier molecular flexibility index (Phi) is 3.96. The number of hydrogen-bond donors (Lipinski definition) is 0. The summed E-state index contributed by atoms with van der Waals surface area (Å²) in [4.78, 5) is 0. The Hall–Kier alpha value is -1.53. The predicted octanol–water partition coefficient (Wildman–Crippen LogP) is 1.91. The van der Waals surface area contributed by atoms with Crippen molar-refractivity contribution in [3.8, 4) is 11.8 Å². The first kappa shape index (κ1) is 10.6. The molecule has 14 heavy (non-hydrogen) atoms. The monoisotopic (exact) mass is 191 g/mol. The summed E-state index contributed by atoms with van der Waals surface area (Å²) in [6.45, 7) is 0.559. The topological polar surface area (TPSA) is 42.2 Å². The minimum absolute atomic E-state index is 0.371. The maximum atomic E-state index is 8.58. The van der Waals surface area contributed by atoms with Gasteiger partial charge in [-0.15, -0.1) is 0 Å². The Balaban J connectivity index is 2.94. The van der Waals surface area contributed by atoms with Gasteiger partial charge in [-0.25, -0.2) is 0 Å². The molecule has 0 spiro atoms. The standard InChI is InChI=1S/C11H13NO2/c1-13-8-9-3-4-10(5-6-12)11(7-9)14-2/h3-4,7H,5,8H2,1-2H3. The molecule has 0 radical (unpaired) electrons. The lowest BCUT2D eigenvalue weighted by Crippen LogP contribution is -1.94. The number of hydrogen-bond acceptors (Lipinski definition) is 3. The van der Waals surface area contributed by atoms with Crippen molar-refractivity contribution in [2.75, 3.05) is 14.2 Å². The summed E-state index contributed by atoms with van der Waals surface area (Å²) in [6.07, 6.45) is 0.371. The molecule has 0 aliphatic carbocycles. The van der Waals surface area contributed by atoms with Gasteiger partial charge in [-0.3, -0.25) is 0 Å². The van der Waals surface area contributed by atoms with Crippen molar-refractivity contribution in [3.63, 3.8) is 0 Å². The van der Waals surface area contributed by atoms with Gasteiger partial charge in [-0.05, 0) is 11.6 Å². The molecule has 3 heteroatoms. The summed E-state index contributed by atoms with van der Waals surface area (Å²) in [5.41, 5.74) is 1.96. The van der Waals surface area contributed by atoms with Crippen LogP contribution in [0.1, 0.15) is 11.1 Å². The number of nitriles is 1. The molecule has 0 N–H and O–H groups in total. The molecule has 0 aliphatic heterocycles. The van der Waals surface area contributed by atoms with Gasteiger partial charge in [0.1, 0.15) is 5.75 Å². The molecule has 0 saturated carbocycles. The zero-order valence-electron chi connectivity index (χ0n) is 8.41. The van der Waals surface area contributed by atoms with Crippen LogP contribution in [-0.4, -0.2) is 14.2 Å². The van der Waals surface area contributed by atoms with Crippen LogP contribution in [0.25, 0.3) is 0 Å². The summed E-state index contributed by atoms with van der Waals surface area (Å²) in [7, 11) is 3.25. The highest BCUT2D eigenvalue weighted by atomic mass is 16.5. The third-order valence-electron chi connectivity index (χ3n) is 1.93. The highest BCUT2D eigenvalue weighted by Crippen LogP contribution is 2.20. The largest absolute Gasteiger partial charge is 0.496 e. The maximum absolute atomic E-state index is 8.58. The average Bonchev–Trinajstić information content (AvgIpc) is 2.21. The second-order valence-corrected chi connectivity index (χ2v) is 2.91. The van der Waals surface area contributed by atoms with E-state index < -0.39 is 0 Å². The minimum Gasteiger partial charge on any atom is -0.496 e. The molecule has 0 fully saturated rings. The predicted molar refractivity (Wildman–Crippen MR) is 53.0 cm³/mol. The first-order chi connectivity index (χ1) is 6.81. The molecule has 0 aliphatic rings. The molecule has 0 bridgehead atoms. The second kappa shape index (κ2) is 5.25. The molecular formula is C11H13NO2. The highest BCUT2D eigenvalue weighted by Gasteiger charge is 2.03. The number of benzene rings is 1. The average molecular weight is 191 g/mol. The summed E-state index contributed by atoms with van der Waals surface area (Å²) < 4.78 is 10.2. The first-order valence-electron chi connectivity index (χ1n) is 4.33. The van der Waals surface area contributed by atoms with Gasteiger partial charge in [0, 0.05) is 12.7 Å². The molecule has 0 atom stereocenters. The summed E-state index contributed by atoms with van der Waals surface area (Å²) in [6, 6.07) is 7.84. The van der Waals surface area contributed by atoms with E-state index in [-0.39, 0.29) is 0 Å². The fourth-order valence-corrected chi connectivity index (χ4v) is 1.28. The molecule has 0 unspecified atom stereocenters. The molecule has 0 aromatic heterocycles. The number of ether oxygens (including phenoxy) is 2. The van der Waals surface area contributed by atoms with Gasteiger partial charge in [0.15, 0.2) is 0 Å². The SMILES string of the molecule is COCc1ccc(CC#N)c(OC)c1. The molecule has 0 saturated heterocycles. The fraction of sp³-hybridized carbons (Fsp3) is 0.364. The summed E-state index contributed by atoms with van der Waals surface area (Å²) in [5.74, 6) is 0.751. The Labute approximate surface area is 83.9 Å². The molecule has 1 aromatic carbocycles. The van der Waals surface area contributed by atoms with Crippen LogP contribution in [-0.2, 0) is 17.8 Å². The van der Waals surface area contributed by atoms with E-state index >= 15 is 0 Å². The Morgan fingerprint density at radius 3 is 2.71 bits per heavy atom. The number of rotatable bonds is 4. The van der Waals surface area contributed by atoms with Gasteiger partial charge in [0.2, 0.25) is 0 Å². The van der Waals surface area contributed by atoms with E-state index in [1.54, 1.807) is 14.2 Å². The van der Waals surface area contributed by atoms with E-state index in [1.807, 2.05) is 18.2 Å². The van der Waals surface area contributed by atoms with Crippen LogP contribution in [0.3, 0.4) is 0 Å². The zero-order chi connectivity index (χ0) is 10.4. The number of methoxy groups -OCH3 is 2. The third kappa shape index (κ3) is 2.48. The van der Waals surface area contributed by atoms with Crippen molar-refractivity contribution >= 4 is 0 Å². The quantitative estimate of drug-likeness (QED) is 0.730. The van der Waals surface area contributed by atoms with E-state index in [1.165, 1.54) is 0 Å². The van der Waals surface area contributed by atoms with Gasteiger partial charge in [0.05, 0.1) is 26.2 Å². The Morgan fingerprint density at radius 1 is 1.36 bits per heavy atom. The van der Waals surface area contributed by atoms with Crippen LogP contribution in [0, 0.1) is 11.3 Å². The van der Waals surface area contributed by atoms with Crippen molar-refractivity contribution in [3.05, 3.63) is 29.3 Å². The van der Waals surface area contributed by atoms with Crippen molar-refractivity contribution < 1.29 is 9.47 Å². The first-order valence-corrected chi connectivity index (χ1v) is 4.33. The highest BCUT2D eigenvalue weighted by molar-refractivity contribution is 5.38. The van der Waals surface area contributed by atoms with Crippen LogP contribution >= 0.6 is 0 Å². The molecule has 1 rings (SSSR count). The zero-order valence-corrected chi connectivity index (χ0v) is 8.41. The van der Waals surface area contributed by atoms with Crippen LogP contribution < -0.4 is 4.74 Å². The molecule has 1 aromatic rings. The van der Waals surface area contributed by atoms with Crippen molar-refractivity contribution in [1.82, 2.24) is 0 Å². The number of nitrogens with zero attached hydrogens (tertiary/aromatic N) is 1. The molecule has 0 heterocycles. The van der Waals surface area contributed by atoms with Gasteiger partial charge >= 0.3 is 0 Å². The van der Waals surface area contributed by atoms with Crippen molar-refractivity contribution in [1.29, 1.82) is 5.26 Å². The second-order valence-electron chi connectivity index (χ2n) is 2.91. The van der Waals surface area contributed by atoms with Crippen molar-refractivity contribution in [2.45, 2.75) is 13.0 Å². The lowest BCUT2D eigenvalue weighted by molar-refractivity contribution is 0.184. The van der Waals surface area contributed by atoms with Gasteiger partial charge in [0.25, 0.3) is 0 Å². The van der Waals surface area contributed by atoms with Gasteiger partial charge in [-0.1, -0.05) is 12.1 Å². The van der Waals surface area contributed by atoms with Crippen LogP contribution in [0.2, 0.25) is 0 Å². The smallest absolute Gasteiger partial charge is 0.123 e. The fourth-order valence-electron chi connectivity index (χ4n) is 1.28. The summed E-state index contributed by atoms with van der Waals surface area (Å²) in [5, 5.41) is 8.58. The Morgan fingerprint density at radius 2 is 2.14 bits per heavy atom. The lowest BCUT2D eigenvalue weighted by atomic mass is 10.1. The molecule has 74 valence electrons. The normalized spacial score (nSPS) is 9.50. The lowest BCUT2D eigenvalue weighted by Gasteiger charge is -2.07. The van der Waals surface area contributed by atoms with Gasteiger partial charge < -0.3 is 9.47 Å².